The lowest BCUT2D eigenvalue weighted by molar-refractivity contribution is -0.139. The first-order valence-corrected chi connectivity index (χ1v) is 6.88. The zero-order valence-electron chi connectivity index (χ0n) is 11.8. The summed E-state index contributed by atoms with van der Waals surface area (Å²) in [7, 11) is 0. The molecule has 0 amide bonds. The molecule has 0 saturated carbocycles. The second-order valence-electron chi connectivity index (χ2n) is 4.24. The third kappa shape index (κ3) is 4.74. The fraction of sp³-hybridized carbons (Fsp3) is 0.500. The SMILES string of the molecule is CCOc1cc(Cl)c(C(F)(F)CCC(=O)O)cc1OCC. The van der Waals surface area contributed by atoms with E-state index in [4.69, 9.17) is 26.2 Å². The summed E-state index contributed by atoms with van der Waals surface area (Å²) in [6, 6.07) is 2.37. The van der Waals surface area contributed by atoms with Gasteiger partial charge in [-0.05, 0) is 19.9 Å². The fourth-order valence-corrected chi connectivity index (χ4v) is 2.04. The molecule has 21 heavy (non-hydrogen) atoms. The molecule has 0 bridgehead atoms. The Kier molecular flexibility index (Phi) is 6.20. The molecule has 0 spiro atoms. The lowest BCUT2D eigenvalue weighted by atomic mass is 10.0. The summed E-state index contributed by atoms with van der Waals surface area (Å²) >= 11 is 5.87. The second-order valence-corrected chi connectivity index (χ2v) is 4.65. The number of alkyl halides is 2. The van der Waals surface area contributed by atoms with Crippen LogP contribution in [0.4, 0.5) is 8.78 Å². The van der Waals surface area contributed by atoms with Crippen LogP contribution in [0.2, 0.25) is 5.02 Å². The first-order chi connectivity index (χ1) is 9.81. The number of carboxylic acids is 1. The van der Waals surface area contributed by atoms with Crippen molar-refractivity contribution in [2.24, 2.45) is 0 Å². The molecule has 0 aliphatic heterocycles. The minimum absolute atomic E-state index is 0.161. The molecular formula is C14H17ClF2O4. The highest BCUT2D eigenvalue weighted by Gasteiger charge is 2.35. The highest BCUT2D eigenvalue weighted by Crippen LogP contribution is 2.42. The van der Waals surface area contributed by atoms with Crippen LogP contribution in [-0.4, -0.2) is 24.3 Å². The van der Waals surface area contributed by atoms with E-state index in [9.17, 15) is 13.6 Å². The number of carbonyl (C=O) groups is 1. The zero-order valence-corrected chi connectivity index (χ0v) is 12.5. The van der Waals surface area contributed by atoms with Crippen molar-refractivity contribution in [2.75, 3.05) is 13.2 Å². The van der Waals surface area contributed by atoms with Gasteiger partial charge in [-0.15, -0.1) is 0 Å². The topological polar surface area (TPSA) is 55.8 Å². The van der Waals surface area contributed by atoms with Crippen LogP contribution in [0.5, 0.6) is 11.5 Å². The summed E-state index contributed by atoms with van der Waals surface area (Å²) in [6.07, 6.45) is -1.48. The van der Waals surface area contributed by atoms with Crippen LogP contribution in [0.15, 0.2) is 12.1 Å². The minimum atomic E-state index is -3.36. The molecule has 0 aliphatic carbocycles. The molecule has 0 atom stereocenters. The van der Waals surface area contributed by atoms with Crippen LogP contribution >= 0.6 is 11.6 Å². The summed E-state index contributed by atoms with van der Waals surface area (Å²) in [5.74, 6) is -4.20. The number of halogens is 3. The standard InChI is InChI=1S/C14H17ClF2O4/c1-3-20-11-7-9(10(15)8-12(11)21-4-2)14(16,17)6-5-13(18)19/h7-8H,3-6H2,1-2H3,(H,18,19). The van der Waals surface area contributed by atoms with Crippen molar-refractivity contribution < 1.29 is 28.2 Å². The van der Waals surface area contributed by atoms with Gasteiger partial charge in [-0.1, -0.05) is 11.6 Å². The molecule has 0 saturated heterocycles. The van der Waals surface area contributed by atoms with Gasteiger partial charge in [0.25, 0.3) is 5.92 Å². The summed E-state index contributed by atoms with van der Waals surface area (Å²) in [6.45, 7) is 4.08. The van der Waals surface area contributed by atoms with Crippen LogP contribution in [0.3, 0.4) is 0 Å². The van der Waals surface area contributed by atoms with Gasteiger partial charge < -0.3 is 14.6 Å². The number of benzene rings is 1. The molecule has 1 N–H and O–H groups in total. The molecule has 1 aromatic rings. The van der Waals surface area contributed by atoms with Gasteiger partial charge in [0.15, 0.2) is 11.5 Å². The van der Waals surface area contributed by atoms with E-state index in [0.717, 1.165) is 6.07 Å². The quantitative estimate of drug-likeness (QED) is 0.783. The van der Waals surface area contributed by atoms with E-state index in [1.165, 1.54) is 6.07 Å². The van der Waals surface area contributed by atoms with Crippen molar-refractivity contribution in [2.45, 2.75) is 32.6 Å². The van der Waals surface area contributed by atoms with E-state index in [1.807, 2.05) is 0 Å². The molecule has 4 nitrogen and oxygen atoms in total. The van der Waals surface area contributed by atoms with E-state index in [0.29, 0.717) is 6.61 Å². The molecule has 118 valence electrons. The van der Waals surface area contributed by atoms with Crippen molar-refractivity contribution in [3.8, 4) is 11.5 Å². The molecule has 1 aromatic carbocycles. The highest BCUT2D eigenvalue weighted by molar-refractivity contribution is 6.31. The summed E-state index contributed by atoms with van der Waals surface area (Å²) in [5, 5.41) is 8.35. The Balaban J connectivity index is 3.16. The Morgan fingerprint density at radius 3 is 2.24 bits per heavy atom. The summed E-state index contributed by atoms with van der Waals surface area (Å²) in [5.41, 5.74) is -0.461. The van der Waals surface area contributed by atoms with Gasteiger partial charge in [0.2, 0.25) is 0 Å². The highest BCUT2D eigenvalue weighted by atomic mass is 35.5. The minimum Gasteiger partial charge on any atom is -0.490 e. The van der Waals surface area contributed by atoms with E-state index in [1.54, 1.807) is 13.8 Å². The normalized spacial score (nSPS) is 11.3. The lowest BCUT2D eigenvalue weighted by Gasteiger charge is -2.20. The molecular weight excluding hydrogens is 306 g/mol. The van der Waals surface area contributed by atoms with Crippen LogP contribution in [0.25, 0.3) is 0 Å². The Morgan fingerprint density at radius 1 is 1.24 bits per heavy atom. The van der Waals surface area contributed by atoms with E-state index in [-0.39, 0.29) is 23.1 Å². The Morgan fingerprint density at radius 2 is 1.76 bits per heavy atom. The van der Waals surface area contributed by atoms with Gasteiger partial charge in [0.1, 0.15) is 0 Å². The van der Waals surface area contributed by atoms with Gasteiger partial charge in [0, 0.05) is 18.1 Å². The molecule has 0 heterocycles. The number of rotatable bonds is 8. The molecule has 0 radical (unpaired) electrons. The van der Waals surface area contributed by atoms with Crippen LogP contribution in [-0.2, 0) is 10.7 Å². The Hall–Kier alpha value is -1.56. The largest absolute Gasteiger partial charge is 0.490 e. The lowest BCUT2D eigenvalue weighted by Crippen LogP contribution is -2.16. The van der Waals surface area contributed by atoms with Crippen LogP contribution < -0.4 is 9.47 Å². The summed E-state index contributed by atoms with van der Waals surface area (Å²) in [4.78, 5) is 10.5. The number of aliphatic carboxylic acids is 1. The van der Waals surface area contributed by atoms with Crippen molar-refractivity contribution in [1.82, 2.24) is 0 Å². The van der Waals surface area contributed by atoms with Gasteiger partial charge in [-0.3, -0.25) is 4.79 Å². The third-order valence-corrected chi connectivity index (χ3v) is 2.99. The van der Waals surface area contributed by atoms with Gasteiger partial charge >= 0.3 is 5.97 Å². The maximum absolute atomic E-state index is 14.1. The second kappa shape index (κ2) is 7.45. The summed E-state index contributed by atoms with van der Waals surface area (Å²) < 4.78 is 38.7. The van der Waals surface area contributed by atoms with Crippen molar-refractivity contribution in [3.63, 3.8) is 0 Å². The number of ether oxygens (including phenoxy) is 2. The van der Waals surface area contributed by atoms with Crippen molar-refractivity contribution in [3.05, 3.63) is 22.7 Å². The number of hydrogen-bond donors (Lipinski definition) is 1. The predicted octanol–water partition coefficient (Wildman–Crippen LogP) is 4.09. The van der Waals surface area contributed by atoms with Crippen LogP contribution in [0.1, 0.15) is 32.3 Å². The monoisotopic (exact) mass is 322 g/mol. The van der Waals surface area contributed by atoms with Crippen LogP contribution in [0, 0.1) is 0 Å². The Labute approximate surface area is 126 Å². The number of carboxylic acid groups (broad SMARTS) is 1. The zero-order chi connectivity index (χ0) is 16.0. The predicted molar refractivity (Wildman–Crippen MR) is 74.6 cm³/mol. The smallest absolute Gasteiger partial charge is 0.303 e. The number of hydrogen-bond acceptors (Lipinski definition) is 3. The van der Waals surface area contributed by atoms with Gasteiger partial charge in [0.05, 0.1) is 24.7 Å². The van der Waals surface area contributed by atoms with Crippen molar-refractivity contribution in [1.29, 1.82) is 0 Å². The average Bonchev–Trinajstić information content (AvgIpc) is 2.40. The van der Waals surface area contributed by atoms with E-state index >= 15 is 0 Å². The average molecular weight is 323 g/mol. The fourth-order valence-electron chi connectivity index (χ4n) is 1.75. The molecule has 0 aromatic heterocycles. The molecule has 0 aliphatic rings. The maximum atomic E-state index is 14.1. The maximum Gasteiger partial charge on any atom is 0.303 e. The van der Waals surface area contributed by atoms with Crippen molar-refractivity contribution >= 4 is 17.6 Å². The first-order valence-electron chi connectivity index (χ1n) is 6.51. The first kappa shape index (κ1) is 17.5. The van der Waals surface area contributed by atoms with E-state index < -0.39 is 30.3 Å². The Bertz CT molecular complexity index is 506. The third-order valence-electron chi connectivity index (χ3n) is 2.68. The van der Waals surface area contributed by atoms with Gasteiger partial charge in [-0.2, -0.15) is 0 Å². The molecule has 0 fully saturated rings. The van der Waals surface area contributed by atoms with Gasteiger partial charge in [-0.25, -0.2) is 8.78 Å². The molecule has 7 heteroatoms. The molecule has 1 rings (SSSR count). The van der Waals surface area contributed by atoms with E-state index in [2.05, 4.69) is 0 Å². The molecule has 0 unspecified atom stereocenters.